The maximum atomic E-state index is 12.2. The molecule has 0 spiro atoms. The van der Waals surface area contributed by atoms with Crippen molar-refractivity contribution in [2.75, 3.05) is 0 Å². The smallest absolute Gasteiger partial charge is 0.227 e. The molecule has 0 unspecified atom stereocenters. The van der Waals surface area contributed by atoms with Gasteiger partial charge in [0.25, 0.3) is 0 Å². The van der Waals surface area contributed by atoms with Crippen LogP contribution in [0.2, 0.25) is 0 Å². The van der Waals surface area contributed by atoms with Crippen LogP contribution in [0, 0.1) is 18.8 Å². The molecule has 184 valence electrons. The van der Waals surface area contributed by atoms with E-state index >= 15 is 0 Å². The van der Waals surface area contributed by atoms with Crippen molar-refractivity contribution in [3.8, 4) is 0 Å². The van der Waals surface area contributed by atoms with Crippen molar-refractivity contribution < 1.29 is 14.4 Å². The average Bonchev–Trinajstić information content (AvgIpc) is 2.84. The molecular weight excluding hydrogens is 410 g/mol. The highest BCUT2D eigenvalue weighted by Crippen LogP contribution is 2.30. The van der Waals surface area contributed by atoms with Gasteiger partial charge in [0.15, 0.2) is 5.78 Å². The molecule has 0 aromatic heterocycles. The molecule has 1 aliphatic carbocycles. The molecule has 1 amide bonds. The third-order valence-corrected chi connectivity index (χ3v) is 5.98. The summed E-state index contributed by atoms with van der Waals surface area (Å²) in [5, 5.41) is 2.93. The third kappa shape index (κ3) is 11.3. The Bertz CT molecular complexity index is 784. The van der Waals surface area contributed by atoms with Crippen LogP contribution in [0.1, 0.15) is 102 Å². The van der Waals surface area contributed by atoms with Gasteiger partial charge < -0.3 is 5.32 Å². The van der Waals surface area contributed by atoms with E-state index in [9.17, 15) is 14.4 Å². The van der Waals surface area contributed by atoms with E-state index in [1.54, 1.807) is 13.0 Å². The summed E-state index contributed by atoms with van der Waals surface area (Å²) in [6, 6.07) is 5.88. The molecule has 1 aliphatic rings. The van der Waals surface area contributed by atoms with Crippen LogP contribution in [0.3, 0.4) is 0 Å². The van der Waals surface area contributed by atoms with Gasteiger partial charge in [0, 0.05) is 17.2 Å². The molecule has 0 bridgehead atoms. The monoisotopic (exact) mass is 455 g/mol. The first-order valence-corrected chi connectivity index (χ1v) is 12.6. The second-order valence-corrected chi connectivity index (χ2v) is 8.19. The fourth-order valence-corrected chi connectivity index (χ4v) is 4.10. The van der Waals surface area contributed by atoms with Crippen LogP contribution in [0.5, 0.6) is 0 Å². The zero-order valence-electron chi connectivity index (χ0n) is 21.9. The lowest BCUT2D eigenvalue weighted by Crippen LogP contribution is -2.32. The lowest BCUT2D eigenvalue weighted by Gasteiger charge is -2.27. The largest absolute Gasteiger partial charge is 0.326 e. The van der Waals surface area contributed by atoms with Crippen LogP contribution < -0.4 is 5.32 Å². The fourth-order valence-electron chi connectivity index (χ4n) is 4.10. The highest BCUT2D eigenvalue weighted by molar-refractivity contribution is 5.95. The van der Waals surface area contributed by atoms with Gasteiger partial charge in [-0.25, -0.2) is 0 Å². The Morgan fingerprint density at radius 1 is 1.06 bits per heavy atom. The fraction of sp³-hybridized carbons (Fsp3) is 0.552. The number of rotatable bonds is 8. The van der Waals surface area contributed by atoms with Gasteiger partial charge in [0.1, 0.15) is 6.29 Å². The Kier molecular flexibility index (Phi) is 16.6. The van der Waals surface area contributed by atoms with Gasteiger partial charge >= 0.3 is 0 Å². The van der Waals surface area contributed by atoms with Crippen LogP contribution in [-0.4, -0.2) is 18.0 Å². The number of ketones is 1. The van der Waals surface area contributed by atoms with Crippen LogP contribution in [-0.2, 0) is 16.0 Å². The minimum atomic E-state index is 0.102. The van der Waals surface area contributed by atoms with Gasteiger partial charge in [-0.05, 0) is 81.6 Å². The second-order valence-electron chi connectivity index (χ2n) is 8.19. The van der Waals surface area contributed by atoms with Crippen molar-refractivity contribution in [1.29, 1.82) is 0 Å². The highest BCUT2D eigenvalue weighted by Gasteiger charge is 2.25. The Morgan fingerprint density at radius 2 is 1.70 bits per heavy atom. The highest BCUT2D eigenvalue weighted by atomic mass is 16.2. The molecule has 4 nitrogen and oxygen atoms in total. The van der Waals surface area contributed by atoms with Crippen molar-refractivity contribution in [3.63, 3.8) is 0 Å². The SMILES string of the molecule is CC.CC/C=C(\C=C/C=O)NC(=O)C1CCC(CC)CC1.CCc1c(C)cccc1C(C)=O. The molecule has 33 heavy (non-hydrogen) atoms. The maximum absolute atomic E-state index is 12.2. The number of aryl methyl sites for hydroxylation is 1. The van der Waals surface area contributed by atoms with Crippen LogP contribution in [0.15, 0.2) is 42.1 Å². The minimum Gasteiger partial charge on any atom is -0.326 e. The van der Waals surface area contributed by atoms with Gasteiger partial charge in [-0.3, -0.25) is 14.4 Å². The number of amides is 1. The lowest BCUT2D eigenvalue weighted by molar-refractivity contribution is -0.125. The van der Waals surface area contributed by atoms with Gasteiger partial charge in [-0.2, -0.15) is 0 Å². The van der Waals surface area contributed by atoms with E-state index in [4.69, 9.17) is 0 Å². The summed E-state index contributed by atoms with van der Waals surface area (Å²) in [5.74, 6) is 1.19. The number of benzene rings is 1. The summed E-state index contributed by atoms with van der Waals surface area (Å²) in [7, 11) is 0. The number of nitrogens with one attached hydrogen (secondary N) is 1. The molecule has 1 N–H and O–H groups in total. The molecule has 4 heteroatoms. The van der Waals surface area contributed by atoms with E-state index in [1.165, 1.54) is 23.6 Å². The topological polar surface area (TPSA) is 63.2 Å². The van der Waals surface area contributed by atoms with Crippen LogP contribution >= 0.6 is 0 Å². The molecule has 1 fully saturated rings. The maximum Gasteiger partial charge on any atom is 0.227 e. The molecular formula is C29H45NO3. The lowest BCUT2D eigenvalue weighted by atomic mass is 9.80. The van der Waals surface area contributed by atoms with Gasteiger partial charge in [-0.15, -0.1) is 0 Å². The normalized spacial score (nSPS) is 17.8. The summed E-state index contributed by atoms with van der Waals surface area (Å²) >= 11 is 0. The average molecular weight is 456 g/mol. The number of allylic oxidation sites excluding steroid dienone is 3. The first kappa shape index (κ1) is 30.5. The minimum absolute atomic E-state index is 0.102. The van der Waals surface area contributed by atoms with Crippen LogP contribution in [0.4, 0.5) is 0 Å². The van der Waals surface area contributed by atoms with E-state index in [0.29, 0.717) is 0 Å². The number of hydrogen-bond donors (Lipinski definition) is 1. The molecule has 0 radical (unpaired) electrons. The van der Waals surface area contributed by atoms with E-state index in [-0.39, 0.29) is 17.6 Å². The van der Waals surface area contributed by atoms with E-state index in [2.05, 4.69) is 19.2 Å². The van der Waals surface area contributed by atoms with E-state index in [1.807, 2.05) is 52.0 Å². The zero-order chi connectivity index (χ0) is 25.2. The Balaban J connectivity index is 0.000000627. The molecule has 1 aromatic rings. The predicted molar refractivity (Wildman–Crippen MR) is 139 cm³/mol. The molecule has 1 aromatic carbocycles. The van der Waals surface area contributed by atoms with Crippen molar-refractivity contribution in [2.24, 2.45) is 11.8 Å². The van der Waals surface area contributed by atoms with Crippen LogP contribution in [0.25, 0.3) is 0 Å². The molecule has 0 aliphatic heterocycles. The van der Waals surface area contributed by atoms with E-state index in [0.717, 1.165) is 62.0 Å². The van der Waals surface area contributed by atoms with Gasteiger partial charge in [0.05, 0.1) is 0 Å². The van der Waals surface area contributed by atoms with Crippen molar-refractivity contribution >= 4 is 18.0 Å². The summed E-state index contributed by atoms with van der Waals surface area (Å²) in [6.07, 6.45) is 13.0. The first-order chi connectivity index (χ1) is 15.9. The summed E-state index contributed by atoms with van der Waals surface area (Å²) in [5.41, 5.74) is 4.00. The molecule has 0 atom stereocenters. The molecule has 1 saturated carbocycles. The van der Waals surface area contributed by atoms with Gasteiger partial charge in [0.2, 0.25) is 5.91 Å². The summed E-state index contributed by atoms with van der Waals surface area (Å²) in [6.45, 7) is 14.0. The van der Waals surface area contributed by atoms with Crippen molar-refractivity contribution in [3.05, 3.63) is 58.8 Å². The summed E-state index contributed by atoms with van der Waals surface area (Å²) in [4.78, 5) is 33.7. The number of hydrogen-bond acceptors (Lipinski definition) is 3. The Morgan fingerprint density at radius 3 is 2.15 bits per heavy atom. The van der Waals surface area contributed by atoms with Gasteiger partial charge in [-0.1, -0.05) is 65.3 Å². The third-order valence-electron chi connectivity index (χ3n) is 5.98. The molecule has 0 saturated heterocycles. The number of carbonyl (C=O) groups is 3. The summed E-state index contributed by atoms with van der Waals surface area (Å²) < 4.78 is 0. The zero-order valence-corrected chi connectivity index (χ0v) is 21.9. The Hall–Kier alpha value is -2.49. The molecule has 0 heterocycles. The first-order valence-electron chi connectivity index (χ1n) is 12.6. The predicted octanol–water partition coefficient (Wildman–Crippen LogP) is 7.15. The Labute approximate surface area is 201 Å². The standard InChI is InChI=1S/C16H25NO2.C11H14O.C2H6/c1-3-6-15(7-5-12-18)17-16(19)14-10-8-13(4-2)9-11-14;1-4-10-8(2)6-5-7-11(10)9(3)12;1-2/h5-7,12-14H,3-4,8-11H2,1-2H3,(H,17,19);5-7H,4H2,1-3H3;1-2H3/b7-5-,15-6+;;. The molecule has 2 rings (SSSR count). The van der Waals surface area contributed by atoms with E-state index < -0.39 is 0 Å². The second kappa shape index (κ2) is 18.0. The number of carbonyl (C=O) groups excluding carboxylic acids is 3. The quantitative estimate of drug-likeness (QED) is 0.196. The van der Waals surface area contributed by atoms with Crippen molar-refractivity contribution in [1.82, 2.24) is 5.32 Å². The number of aldehydes is 1. The number of Topliss-reactive ketones (excluding diaryl/α,β-unsaturated/α-hetero) is 1. The van der Waals surface area contributed by atoms with Crippen molar-refractivity contribution in [2.45, 2.75) is 93.4 Å².